The Balaban J connectivity index is 1.67. The van der Waals surface area contributed by atoms with E-state index in [0.717, 1.165) is 5.56 Å². The minimum Gasteiger partial charge on any atom is -0.374 e. The van der Waals surface area contributed by atoms with Gasteiger partial charge in [0.15, 0.2) is 0 Å². The topological polar surface area (TPSA) is 58.6 Å². The lowest BCUT2D eigenvalue weighted by atomic mass is 10.0. The quantitative estimate of drug-likeness (QED) is 0.927. The Bertz CT molecular complexity index is 688. The van der Waals surface area contributed by atoms with E-state index in [9.17, 15) is 9.59 Å². The fraction of sp³-hybridized carbons (Fsp3) is 0.333. The third kappa shape index (κ3) is 3.83. The number of carbonyl (C=O) groups excluding carboxylic acids is 2. The lowest BCUT2D eigenvalue weighted by molar-refractivity contribution is -0.143. The second kappa shape index (κ2) is 7.59. The largest absolute Gasteiger partial charge is 0.374 e. The van der Waals surface area contributed by atoms with Gasteiger partial charge in [-0.05, 0) is 23.9 Å². The Morgan fingerprint density at radius 2 is 2.08 bits per heavy atom. The van der Waals surface area contributed by atoms with E-state index in [1.807, 2.05) is 42.6 Å². The van der Waals surface area contributed by atoms with Gasteiger partial charge in [0, 0.05) is 17.5 Å². The van der Waals surface area contributed by atoms with Crippen molar-refractivity contribution >= 4 is 23.2 Å². The van der Waals surface area contributed by atoms with Gasteiger partial charge in [0.2, 0.25) is 5.91 Å². The highest BCUT2D eigenvalue weighted by molar-refractivity contribution is 7.08. The number of carbonyl (C=O) groups is 2. The standard InChI is InChI=1S/C18H20N2O3S/c1-13-10-20(16(11-23-13)14-5-3-2-4-6-14)17(21)9-19-18(22)15-7-8-24-12-15/h2-8,12-13,16H,9-11H2,1H3,(H,19,22). The van der Waals surface area contributed by atoms with Crippen LogP contribution in [0, 0.1) is 0 Å². The molecule has 1 N–H and O–H groups in total. The Kier molecular flexibility index (Phi) is 5.27. The van der Waals surface area contributed by atoms with E-state index < -0.39 is 0 Å². The predicted octanol–water partition coefficient (Wildman–Crippen LogP) is 2.47. The van der Waals surface area contributed by atoms with Crippen molar-refractivity contribution in [2.75, 3.05) is 19.7 Å². The maximum atomic E-state index is 12.7. The average Bonchev–Trinajstić information content (AvgIpc) is 3.15. The molecule has 2 aromatic rings. The molecule has 2 atom stereocenters. The van der Waals surface area contributed by atoms with Gasteiger partial charge in [-0.1, -0.05) is 30.3 Å². The fourth-order valence-electron chi connectivity index (χ4n) is 2.78. The number of hydrogen-bond donors (Lipinski definition) is 1. The van der Waals surface area contributed by atoms with Crippen LogP contribution < -0.4 is 5.32 Å². The third-order valence-corrected chi connectivity index (χ3v) is 4.74. The second-order valence-corrected chi connectivity index (χ2v) is 6.59. The number of amides is 2. The monoisotopic (exact) mass is 344 g/mol. The van der Waals surface area contributed by atoms with Crippen molar-refractivity contribution in [2.24, 2.45) is 0 Å². The third-order valence-electron chi connectivity index (χ3n) is 4.06. The van der Waals surface area contributed by atoms with Crippen molar-refractivity contribution in [3.63, 3.8) is 0 Å². The second-order valence-electron chi connectivity index (χ2n) is 5.81. The summed E-state index contributed by atoms with van der Waals surface area (Å²) >= 11 is 1.46. The number of benzene rings is 1. The Hall–Kier alpha value is -2.18. The summed E-state index contributed by atoms with van der Waals surface area (Å²) in [5.74, 6) is -0.315. The summed E-state index contributed by atoms with van der Waals surface area (Å²) in [6.45, 7) is 2.93. The molecule has 2 unspecified atom stereocenters. The summed E-state index contributed by atoms with van der Waals surface area (Å²) in [5, 5.41) is 6.31. The van der Waals surface area contributed by atoms with Crippen molar-refractivity contribution in [3.8, 4) is 0 Å². The molecule has 2 amide bonds. The summed E-state index contributed by atoms with van der Waals surface area (Å²) in [6, 6.07) is 11.5. The summed E-state index contributed by atoms with van der Waals surface area (Å²) in [7, 11) is 0. The van der Waals surface area contributed by atoms with E-state index in [1.165, 1.54) is 11.3 Å². The molecular formula is C18H20N2O3S. The molecular weight excluding hydrogens is 324 g/mol. The minimum absolute atomic E-state index is 0.00919. The maximum Gasteiger partial charge on any atom is 0.252 e. The van der Waals surface area contributed by atoms with E-state index in [1.54, 1.807) is 16.3 Å². The Labute approximate surface area is 145 Å². The number of morpholine rings is 1. The van der Waals surface area contributed by atoms with Gasteiger partial charge in [-0.3, -0.25) is 9.59 Å². The van der Waals surface area contributed by atoms with Crippen LogP contribution in [-0.4, -0.2) is 42.5 Å². The molecule has 0 saturated carbocycles. The van der Waals surface area contributed by atoms with Crippen LogP contribution in [0.3, 0.4) is 0 Å². The van der Waals surface area contributed by atoms with Gasteiger partial charge in [-0.15, -0.1) is 0 Å². The molecule has 1 aromatic heterocycles. The highest BCUT2D eigenvalue weighted by atomic mass is 32.1. The van der Waals surface area contributed by atoms with Crippen LogP contribution in [-0.2, 0) is 9.53 Å². The zero-order valence-corrected chi connectivity index (χ0v) is 14.3. The van der Waals surface area contributed by atoms with Crippen molar-refractivity contribution < 1.29 is 14.3 Å². The SMILES string of the molecule is CC1CN(C(=O)CNC(=O)c2ccsc2)C(c2ccccc2)CO1. The van der Waals surface area contributed by atoms with Gasteiger partial charge in [-0.2, -0.15) is 11.3 Å². The van der Waals surface area contributed by atoms with Gasteiger partial charge in [0.25, 0.3) is 5.91 Å². The zero-order valence-electron chi connectivity index (χ0n) is 13.5. The highest BCUT2D eigenvalue weighted by Gasteiger charge is 2.31. The van der Waals surface area contributed by atoms with E-state index in [0.29, 0.717) is 18.7 Å². The molecule has 6 heteroatoms. The van der Waals surface area contributed by atoms with Crippen LogP contribution >= 0.6 is 11.3 Å². The molecule has 2 heterocycles. The van der Waals surface area contributed by atoms with Gasteiger partial charge in [0.1, 0.15) is 0 Å². The van der Waals surface area contributed by atoms with Gasteiger partial charge in [0.05, 0.1) is 25.3 Å². The smallest absolute Gasteiger partial charge is 0.252 e. The highest BCUT2D eigenvalue weighted by Crippen LogP contribution is 2.26. The number of rotatable bonds is 4. The van der Waals surface area contributed by atoms with E-state index >= 15 is 0 Å². The lowest BCUT2D eigenvalue weighted by Crippen LogP contribution is -2.50. The number of nitrogens with zero attached hydrogens (tertiary/aromatic N) is 1. The normalized spacial score (nSPS) is 20.6. The van der Waals surface area contributed by atoms with Crippen LogP contribution in [0.15, 0.2) is 47.2 Å². The fourth-order valence-corrected chi connectivity index (χ4v) is 3.42. The van der Waals surface area contributed by atoms with Crippen LogP contribution in [0.25, 0.3) is 0 Å². The molecule has 1 aliphatic rings. The van der Waals surface area contributed by atoms with Gasteiger partial charge >= 0.3 is 0 Å². The lowest BCUT2D eigenvalue weighted by Gasteiger charge is -2.39. The first-order valence-corrected chi connectivity index (χ1v) is 8.86. The van der Waals surface area contributed by atoms with Crippen LogP contribution in [0.4, 0.5) is 0 Å². The van der Waals surface area contributed by atoms with Crippen molar-refractivity contribution in [1.29, 1.82) is 0 Å². The molecule has 3 rings (SSSR count). The van der Waals surface area contributed by atoms with Gasteiger partial charge < -0.3 is 15.0 Å². The maximum absolute atomic E-state index is 12.7. The van der Waals surface area contributed by atoms with Crippen LogP contribution in [0.5, 0.6) is 0 Å². The molecule has 1 aromatic carbocycles. The van der Waals surface area contributed by atoms with Crippen LogP contribution in [0.2, 0.25) is 0 Å². The molecule has 1 fully saturated rings. The Morgan fingerprint density at radius 3 is 2.79 bits per heavy atom. The van der Waals surface area contributed by atoms with E-state index in [-0.39, 0.29) is 30.5 Å². The van der Waals surface area contributed by atoms with Crippen molar-refractivity contribution in [2.45, 2.75) is 19.1 Å². The molecule has 126 valence electrons. The molecule has 24 heavy (non-hydrogen) atoms. The average molecular weight is 344 g/mol. The first-order chi connectivity index (χ1) is 11.6. The summed E-state index contributed by atoms with van der Waals surface area (Å²) in [5.41, 5.74) is 1.63. The number of hydrogen-bond acceptors (Lipinski definition) is 4. The predicted molar refractivity (Wildman–Crippen MR) is 93.0 cm³/mol. The summed E-state index contributed by atoms with van der Waals surface area (Å²) in [4.78, 5) is 26.5. The zero-order chi connectivity index (χ0) is 16.9. The Morgan fingerprint density at radius 1 is 1.29 bits per heavy atom. The van der Waals surface area contributed by atoms with E-state index in [2.05, 4.69) is 5.32 Å². The van der Waals surface area contributed by atoms with Crippen LogP contribution in [0.1, 0.15) is 28.9 Å². The molecule has 0 bridgehead atoms. The van der Waals surface area contributed by atoms with E-state index in [4.69, 9.17) is 4.74 Å². The molecule has 0 spiro atoms. The summed E-state index contributed by atoms with van der Waals surface area (Å²) in [6.07, 6.45) is -0.0125. The molecule has 5 nitrogen and oxygen atoms in total. The molecule has 1 aliphatic heterocycles. The van der Waals surface area contributed by atoms with Crippen molar-refractivity contribution in [1.82, 2.24) is 10.2 Å². The van der Waals surface area contributed by atoms with Crippen molar-refractivity contribution in [3.05, 3.63) is 58.3 Å². The number of nitrogens with one attached hydrogen (secondary N) is 1. The summed E-state index contributed by atoms with van der Waals surface area (Å²) < 4.78 is 5.73. The molecule has 0 radical (unpaired) electrons. The number of ether oxygens (including phenoxy) is 1. The minimum atomic E-state index is -0.220. The van der Waals surface area contributed by atoms with Gasteiger partial charge in [-0.25, -0.2) is 0 Å². The first kappa shape index (κ1) is 16.7. The molecule has 0 aliphatic carbocycles. The molecule has 1 saturated heterocycles. The number of thiophene rings is 1. The first-order valence-electron chi connectivity index (χ1n) is 7.91.